The van der Waals surface area contributed by atoms with Crippen LogP contribution in [-0.2, 0) is 11.2 Å². The van der Waals surface area contributed by atoms with E-state index >= 15 is 0 Å². The van der Waals surface area contributed by atoms with E-state index in [4.69, 9.17) is 5.26 Å². The monoisotopic (exact) mass is 296 g/mol. The number of carbonyl (C=O) groups is 1. The summed E-state index contributed by atoms with van der Waals surface area (Å²) < 4.78 is 0. The molecule has 3 nitrogen and oxygen atoms in total. The lowest BCUT2D eigenvalue weighted by Gasteiger charge is -2.04. The first-order chi connectivity index (χ1) is 10.2. The largest absolute Gasteiger partial charge is 0.351 e. The molecule has 2 rings (SSSR count). The van der Waals surface area contributed by atoms with Gasteiger partial charge in [0.2, 0.25) is 0 Å². The van der Waals surface area contributed by atoms with E-state index in [0.717, 1.165) is 22.4 Å². The van der Waals surface area contributed by atoms with Gasteiger partial charge in [0, 0.05) is 11.4 Å². The van der Waals surface area contributed by atoms with E-state index in [9.17, 15) is 4.79 Å². The first-order valence-corrected chi connectivity index (χ1v) is 7.56. The van der Waals surface area contributed by atoms with Crippen LogP contribution >= 0.6 is 11.3 Å². The molecule has 0 unspecified atom stereocenters. The molecule has 0 saturated carbocycles. The predicted molar refractivity (Wildman–Crippen MR) is 85.8 cm³/mol. The van der Waals surface area contributed by atoms with Gasteiger partial charge in [0.25, 0.3) is 5.91 Å². The molecule has 0 aliphatic carbocycles. The number of nitrogens with zero attached hydrogens (tertiary/aromatic N) is 1. The second-order valence-corrected chi connectivity index (χ2v) is 5.58. The fourth-order valence-corrected chi connectivity index (χ4v) is 2.73. The highest BCUT2D eigenvalue weighted by Gasteiger charge is 2.09. The molecule has 106 valence electrons. The first kappa shape index (κ1) is 15.0. The topological polar surface area (TPSA) is 52.9 Å². The van der Waals surface area contributed by atoms with Crippen molar-refractivity contribution in [2.45, 2.75) is 13.3 Å². The second-order valence-electron chi connectivity index (χ2n) is 4.63. The van der Waals surface area contributed by atoms with Gasteiger partial charge in [-0.25, -0.2) is 0 Å². The molecule has 0 radical (unpaired) electrons. The maximum absolute atomic E-state index is 12.0. The summed E-state index contributed by atoms with van der Waals surface area (Å²) in [5, 5.41) is 13.9. The second kappa shape index (κ2) is 7.41. The Kier molecular flexibility index (Phi) is 5.30. The minimum atomic E-state index is -0.318. The van der Waals surface area contributed by atoms with Crippen molar-refractivity contribution >= 4 is 23.3 Å². The molecule has 0 spiro atoms. The highest BCUT2D eigenvalue weighted by Crippen LogP contribution is 2.18. The normalized spacial score (nSPS) is 11.0. The molecule has 1 aromatic carbocycles. The minimum absolute atomic E-state index is 0.147. The molecule has 1 heterocycles. The zero-order valence-electron chi connectivity index (χ0n) is 11.8. The van der Waals surface area contributed by atoms with Gasteiger partial charge in [-0.1, -0.05) is 30.3 Å². The predicted octanol–water partition coefficient (Wildman–Crippen LogP) is 3.32. The molecule has 1 amide bonds. The summed E-state index contributed by atoms with van der Waals surface area (Å²) in [6, 6.07) is 13.9. The van der Waals surface area contributed by atoms with Gasteiger partial charge in [-0.3, -0.25) is 4.79 Å². The lowest BCUT2D eigenvalue weighted by Crippen LogP contribution is -2.26. The number of hydrogen-bond acceptors (Lipinski definition) is 3. The van der Waals surface area contributed by atoms with Crippen LogP contribution < -0.4 is 5.32 Å². The van der Waals surface area contributed by atoms with E-state index in [1.54, 1.807) is 6.08 Å². The molecule has 0 aliphatic rings. The van der Waals surface area contributed by atoms with Crippen molar-refractivity contribution in [3.8, 4) is 6.07 Å². The van der Waals surface area contributed by atoms with E-state index in [1.165, 1.54) is 11.3 Å². The maximum atomic E-state index is 12.0. The molecule has 1 aromatic heterocycles. The maximum Gasteiger partial charge on any atom is 0.261 e. The van der Waals surface area contributed by atoms with Gasteiger partial charge >= 0.3 is 0 Å². The van der Waals surface area contributed by atoms with Gasteiger partial charge in [0.1, 0.15) is 11.6 Å². The third kappa shape index (κ3) is 4.30. The standard InChI is InChI=1S/C17H16N2OS/c1-13-8-10-21-16(13)11-15(12-18)17(20)19-9-7-14-5-3-2-4-6-14/h2-6,8,10-11H,7,9H2,1H3,(H,19,20). The average molecular weight is 296 g/mol. The van der Waals surface area contributed by atoms with Crippen LogP contribution in [0.5, 0.6) is 0 Å². The Balaban J connectivity index is 1.94. The third-order valence-electron chi connectivity index (χ3n) is 3.08. The molecule has 0 aliphatic heterocycles. The molecule has 21 heavy (non-hydrogen) atoms. The Morgan fingerprint density at radius 1 is 1.33 bits per heavy atom. The molecule has 0 saturated heterocycles. The fourth-order valence-electron chi connectivity index (χ4n) is 1.87. The van der Waals surface area contributed by atoms with Crippen LogP contribution in [0.1, 0.15) is 16.0 Å². The summed E-state index contributed by atoms with van der Waals surface area (Å²) in [4.78, 5) is 13.0. The number of nitriles is 1. The lowest BCUT2D eigenvalue weighted by molar-refractivity contribution is -0.117. The zero-order valence-corrected chi connectivity index (χ0v) is 12.6. The van der Waals surface area contributed by atoms with Gasteiger partial charge in [0.05, 0.1) is 0 Å². The number of hydrogen-bond donors (Lipinski definition) is 1. The van der Waals surface area contributed by atoms with Crippen molar-refractivity contribution in [1.82, 2.24) is 5.32 Å². The Morgan fingerprint density at radius 3 is 2.71 bits per heavy atom. The van der Waals surface area contributed by atoms with Crippen molar-refractivity contribution in [2.24, 2.45) is 0 Å². The summed E-state index contributed by atoms with van der Waals surface area (Å²) in [6.07, 6.45) is 2.40. The van der Waals surface area contributed by atoms with Crippen LogP contribution in [0.2, 0.25) is 0 Å². The number of nitrogens with one attached hydrogen (secondary N) is 1. The van der Waals surface area contributed by atoms with Crippen LogP contribution in [0.25, 0.3) is 6.08 Å². The third-order valence-corrected chi connectivity index (χ3v) is 4.05. The van der Waals surface area contributed by atoms with Crippen LogP contribution in [0.4, 0.5) is 0 Å². The number of amides is 1. The SMILES string of the molecule is Cc1ccsc1C=C(C#N)C(=O)NCCc1ccccc1. The van der Waals surface area contributed by atoms with Crippen molar-refractivity contribution in [3.05, 3.63) is 63.4 Å². The fraction of sp³-hybridized carbons (Fsp3) is 0.176. The Hall–Kier alpha value is -2.38. The Bertz CT molecular complexity index is 680. The first-order valence-electron chi connectivity index (χ1n) is 6.68. The van der Waals surface area contributed by atoms with Crippen LogP contribution in [-0.4, -0.2) is 12.5 Å². The summed E-state index contributed by atoms with van der Waals surface area (Å²) >= 11 is 1.52. The van der Waals surface area contributed by atoms with E-state index in [-0.39, 0.29) is 11.5 Å². The number of benzene rings is 1. The zero-order chi connectivity index (χ0) is 15.1. The van der Waals surface area contributed by atoms with E-state index in [2.05, 4.69) is 5.32 Å². The molecular weight excluding hydrogens is 280 g/mol. The summed E-state index contributed by atoms with van der Waals surface area (Å²) in [5.41, 5.74) is 2.38. The van der Waals surface area contributed by atoms with Gasteiger partial charge < -0.3 is 5.32 Å². The van der Waals surface area contributed by atoms with Gasteiger partial charge in [-0.15, -0.1) is 11.3 Å². The summed E-state index contributed by atoms with van der Waals surface area (Å²) in [6.45, 7) is 2.48. The number of rotatable bonds is 5. The average Bonchev–Trinajstić information content (AvgIpc) is 2.91. The number of carbonyl (C=O) groups excluding carboxylic acids is 1. The van der Waals surface area contributed by atoms with Crippen LogP contribution in [0.15, 0.2) is 47.4 Å². The Labute approximate surface area is 128 Å². The van der Waals surface area contributed by atoms with Gasteiger partial charge in [-0.2, -0.15) is 5.26 Å². The molecular formula is C17H16N2OS. The highest BCUT2D eigenvalue weighted by atomic mass is 32.1. The quantitative estimate of drug-likeness (QED) is 0.679. The molecule has 4 heteroatoms. The molecule has 0 bridgehead atoms. The van der Waals surface area contributed by atoms with Crippen LogP contribution in [0.3, 0.4) is 0 Å². The van der Waals surface area contributed by atoms with Crippen molar-refractivity contribution in [1.29, 1.82) is 5.26 Å². The van der Waals surface area contributed by atoms with Gasteiger partial charge in [-0.05, 0) is 42.0 Å². The van der Waals surface area contributed by atoms with E-state index in [0.29, 0.717) is 6.54 Å². The molecule has 1 N–H and O–H groups in total. The van der Waals surface area contributed by atoms with E-state index < -0.39 is 0 Å². The lowest BCUT2D eigenvalue weighted by atomic mass is 10.1. The van der Waals surface area contributed by atoms with Crippen molar-refractivity contribution in [3.63, 3.8) is 0 Å². The number of aryl methyl sites for hydroxylation is 1. The summed E-state index contributed by atoms with van der Waals surface area (Å²) in [7, 11) is 0. The van der Waals surface area contributed by atoms with Gasteiger partial charge in [0.15, 0.2) is 0 Å². The molecule has 2 aromatic rings. The smallest absolute Gasteiger partial charge is 0.261 e. The Morgan fingerprint density at radius 2 is 2.10 bits per heavy atom. The minimum Gasteiger partial charge on any atom is -0.351 e. The molecule has 0 atom stereocenters. The van der Waals surface area contributed by atoms with E-state index in [1.807, 2.05) is 54.8 Å². The highest BCUT2D eigenvalue weighted by molar-refractivity contribution is 7.11. The number of thiophene rings is 1. The van der Waals surface area contributed by atoms with Crippen molar-refractivity contribution < 1.29 is 4.79 Å². The summed E-state index contributed by atoms with van der Waals surface area (Å²) in [5.74, 6) is -0.318. The molecule has 0 fully saturated rings. The van der Waals surface area contributed by atoms with Crippen LogP contribution in [0, 0.1) is 18.3 Å². The van der Waals surface area contributed by atoms with Crippen molar-refractivity contribution in [2.75, 3.05) is 6.54 Å².